The van der Waals surface area contributed by atoms with Crippen molar-refractivity contribution in [3.63, 3.8) is 0 Å². The molecule has 1 aromatic heterocycles. The van der Waals surface area contributed by atoms with Crippen LogP contribution in [0.25, 0.3) is 10.9 Å². The molecule has 3 aromatic rings. The molecule has 0 bridgehead atoms. The smallest absolute Gasteiger partial charge is 0.262 e. The van der Waals surface area contributed by atoms with Crippen molar-refractivity contribution in [2.75, 3.05) is 11.1 Å². The maximum atomic E-state index is 12.8. The summed E-state index contributed by atoms with van der Waals surface area (Å²) in [7, 11) is 0. The van der Waals surface area contributed by atoms with Gasteiger partial charge in [-0.05, 0) is 36.8 Å². The lowest BCUT2D eigenvalue weighted by molar-refractivity contribution is -0.113. The molecule has 1 N–H and O–H groups in total. The van der Waals surface area contributed by atoms with Crippen molar-refractivity contribution < 1.29 is 4.79 Å². The molecule has 1 amide bonds. The summed E-state index contributed by atoms with van der Waals surface area (Å²) < 4.78 is 1.58. The maximum absolute atomic E-state index is 12.8. The molecular formula is C19H16Cl3N3O2S. The summed E-state index contributed by atoms with van der Waals surface area (Å²) in [6, 6.07) is 9.98. The summed E-state index contributed by atoms with van der Waals surface area (Å²) in [6.07, 6.45) is 0.762. The van der Waals surface area contributed by atoms with Gasteiger partial charge < -0.3 is 5.32 Å². The zero-order valence-corrected chi connectivity index (χ0v) is 17.9. The largest absolute Gasteiger partial charge is 0.324 e. The number of nitrogens with zero attached hydrogens (tertiary/aromatic N) is 2. The Morgan fingerprint density at radius 1 is 1.21 bits per heavy atom. The number of anilines is 1. The van der Waals surface area contributed by atoms with Crippen molar-refractivity contribution in [2.45, 2.75) is 25.0 Å². The molecular weight excluding hydrogens is 441 g/mol. The molecule has 0 radical (unpaired) electrons. The van der Waals surface area contributed by atoms with Gasteiger partial charge in [-0.3, -0.25) is 14.2 Å². The molecule has 1 heterocycles. The SMILES string of the molecule is CCCn1c(SCC(=O)Nc2cccc(Cl)c2Cl)nc2cc(Cl)ccc2c1=O. The Balaban J connectivity index is 1.84. The van der Waals surface area contributed by atoms with E-state index in [2.05, 4.69) is 10.3 Å². The fourth-order valence-corrected chi connectivity index (χ4v) is 3.96. The predicted octanol–water partition coefficient (Wildman–Crippen LogP) is 5.50. The molecule has 0 atom stereocenters. The van der Waals surface area contributed by atoms with Crippen LogP contribution < -0.4 is 10.9 Å². The van der Waals surface area contributed by atoms with Crippen LogP contribution in [0.15, 0.2) is 46.3 Å². The van der Waals surface area contributed by atoms with Crippen LogP contribution in [0.4, 0.5) is 5.69 Å². The first-order chi connectivity index (χ1) is 13.4. The number of halogens is 3. The number of carbonyl (C=O) groups is 1. The molecule has 0 saturated heterocycles. The van der Waals surface area contributed by atoms with Crippen LogP contribution in [-0.4, -0.2) is 21.2 Å². The predicted molar refractivity (Wildman–Crippen MR) is 117 cm³/mol. The summed E-state index contributed by atoms with van der Waals surface area (Å²) in [5.74, 6) is -0.219. The molecule has 0 saturated carbocycles. The van der Waals surface area contributed by atoms with Gasteiger partial charge in [0.2, 0.25) is 5.91 Å². The number of carbonyl (C=O) groups excluding carboxylic acids is 1. The Kier molecular flexibility index (Phi) is 6.88. The topological polar surface area (TPSA) is 64.0 Å². The van der Waals surface area contributed by atoms with Crippen molar-refractivity contribution in [3.05, 3.63) is 61.8 Å². The van der Waals surface area contributed by atoms with Crippen molar-refractivity contribution >= 4 is 69.1 Å². The molecule has 0 spiro atoms. The molecule has 0 unspecified atom stereocenters. The van der Waals surface area contributed by atoms with Gasteiger partial charge in [0.05, 0.1) is 32.4 Å². The molecule has 28 heavy (non-hydrogen) atoms. The van der Waals surface area contributed by atoms with E-state index in [1.807, 2.05) is 6.92 Å². The molecule has 5 nitrogen and oxygen atoms in total. The zero-order valence-electron chi connectivity index (χ0n) is 14.8. The molecule has 0 aliphatic carbocycles. The normalized spacial score (nSPS) is 11.0. The van der Waals surface area contributed by atoms with Crippen molar-refractivity contribution in [3.8, 4) is 0 Å². The van der Waals surface area contributed by atoms with Gasteiger partial charge in [0.15, 0.2) is 5.16 Å². The quantitative estimate of drug-likeness (QED) is 0.393. The second kappa shape index (κ2) is 9.18. The van der Waals surface area contributed by atoms with E-state index in [1.165, 1.54) is 11.8 Å². The van der Waals surface area contributed by atoms with Crippen molar-refractivity contribution in [1.82, 2.24) is 9.55 Å². The standard InChI is InChI=1S/C19H16Cl3N3O2S/c1-2-8-25-18(27)12-7-6-11(20)9-15(12)24-19(25)28-10-16(26)23-14-5-3-4-13(21)17(14)22/h3-7,9H,2,8,10H2,1H3,(H,23,26). The molecule has 0 aliphatic heterocycles. The first-order valence-corrected chi connectivity index (χ1v) is 10.6. The van der Waals surface area contributed by atoms with Gasteiger partial charge in [-0.15, -0.1) is 0 Å². The third-order valence-corrected chi connectivity index (χ3v) is 5.92. The maximum Gasteiger partial charge on any atom is 0.262 e. The van der Waals surface area contributed by atoms with Crippen LogP contribution in [0.3, 0.4) is 0 Å². The number of nitrogens with one attached hydrogen (secondary N) is 1. The third kappa shape index (κ3) is 4.63. The van der Waals surface area contributed by atoms with E-state index < -0.39 is 0 Å². The van der Waals surface area contributed by atoms with E-state index >= 15 is 0 Å². The van der Waals surface area contributed by atoms with Gasteiger partial charge in [-0.2, -0.15) is 0 Å². The zero-order chi connectivity index (χ0) is 20.3. The summed E-state index contributed by atoms with van der Waals surface area (Å²) in [5, 5.41) is 4.82. The number of thioether (sulfide) groups is 1. The molecule has 3 rings (SSSR count). The number of fused-ring (bicyclic) bond motifs is 1. The number of hydrogen-bond acceptors (Lipinski definition) is 4. The van der Waals surface area contributed by atoms with E-state index in [9.17, 15) is 9.59 Å². The number of hydrogen-bond donors (Lipinski definition) is 1. The highest BCUT2D eigenvalue weighted by molar-refractivity contribution is 7.99. The highest BCUT2D eigenvalue weighted by Crippen LogP contribution is 2.30. The first kappa shape index (κ1) is 21.0. The van der Waals surface area contributed by atoms with Crippen LogP contribution >= 0.6 is 46.6 Å². The lowest BCUT2D eigenvalue weighted by Crippen LogP contribution is -2.24. The number of amides is 1. The van der Waals surface area contributed by atoms with E-state index in [0.717, 1.165) is 6.42 Å². The number of aromatic nitrogens is 2. The van der Waals surface area contributed by atoms with Crippen LogP contribution in [-0.2, 0) is 11.3 Å². The fourth-order valence-electron chi connectivity index (χ4n) is 2.62. The van der Waals surface area contributed by atoms with E-state index in [0.29, 0.717) is 38.3 Å². The lowest BCUT2D eigenvalue weighted by atomic mass is 10.2. The van der Waals surface area contributed by atoms with E-state index in [-0.39, 0.29) is 22.2 Å². The molecule has 146 valence electrons. The average molecular weight is 457 g/mol. The minimum absolute atomic E-state index is 0.0606. The van der Waals surface area contributed by atoms with Crippen molar-refractivity contribution in [2.24, 2.45) is 0 Å². The minimum Gasteiger partial charge on any atom is -0.324 e. The van der Waals surface area contributed by atoms with Crippen LogP contribution in [0.2, 0.25) is 15.1 Å². The minimum atomic E-state index is -0.280. The summed E-state index contributed by atoms with van der Waals surface area (Å²) in [6.45, 7) is 2.48. The van der Waals surface area contributed by atoms with Crippen LogP contribution in [0, 0.1) is 0 Å². The third-order valence-electron chi connectivity index (χ3n) is 3.89. The lowest BCUT2D eigenvalue weighted by Gasteiger charge is -2.13. The first-order valence-electron chi connectivity index (χ1n) is 8.47. The van der Waals surface area contributed by atoms with Gasteiger partial charge in [-0.1, -0.05) is 59.6 Å². The Morgan fingerprint density at radius 3 is 2.75 bits per heavy atom. The van der Waals surface area contributed by atoms with Gasteiger partial charge >= 0.3 is 0 Å². The second-order valence-corrected chi connectivity index (χ2v) is 8.11. The molecule has 0 fully saturated rings. The number of benzene rings is 2. The van der Waals surface area contributed by atoms with Gasteiger partial charge in [-0.25, -0.2) is 4.98 Å². The van der Waals surface area contributed by atoms with Crippen LogP contribution in [0.1, 0.15) is 13.3 Å². The Labute approximate surface area is 181 Å². The Hall–Kier alpha value is -1.73. The highest BCUT2D eigenvalue weighted by Gasteiger charge is 2.14. The monoisotopic (exact) mass is 455 g/mol. The Bertz CT molecular complexity index is 1100. The average Bonchev–Trinajstić information content (AvgIpc) is 2.66. The summed E-state index contributed by atoms with van der Waals surface area (Å²) >= 11 is 19.3. The van der Waals surface area contributed by atoms with E-state index in [1.54, 1.807) is 41.0 Å². The van der Waals surface area contributed by atoms with Gasteiger partial charge in [0.25, 0.3) is 5.56 Å². The fraction of sp³-hybridized carbons (Fsp3) is 0.211. The summed E-state index contributed by atoms with van der Waals surface area (Å²) in [5.41, 5.74) is 0.791. The highest BCUT2D eigenvalue weighted by atomic mass is 35.5. The number of rotatable bonds is 6. The summed E-state index contributed by atoms with van der Waals surface area (Å²) in [4.78, 5) is 29.7. The van der Waals surface area contributed by atoms with E-state index in [4.69, 9.17) is 34.8 Å². The van der Waals surface area contributed by atoms with Crippen molar-refractivity contribution in [1.29, 1.82) is 0 Å². The van der Waals surface area contributed by atoms with Gasteiger partial charge in [0.1, 0.15) is 0 Å². The van der Waals surface area contributed by atoms with Gasteiger partial charge in [0, 0.05) is 11.6 Å². The molecule has 2 aromatic carbocycles. The Morgan fingerprint density at radius 2 is 2.00 bits per heavy atom. The van der Waals surface area contributed by atoms with Crippen LogP contribution in [0.5, 0.6) is 0 Å². The second-order valence-electron chi connectivity index (χ2n) is 5.95. The molecule has 0 aliphatic rings. The molecule has 9 heteroatoms.